The molecule has 1 aliphatic heterocycles. The number of methoxy groups -OCH3 is 1. The molecule has 0 aliphatic carbocycles. The molecule has 0 saturated carbocycles. The second kappa shape index (κ2) is 8.37. The van der Waals surface area contributed by atoms with Gasteiger partial charge in [0.15, 0.2) is 11.6 Å². The monoisotopic (exact) mass is 518 g/mol. The maximum absolute atomic E-state index is 14.9. The zero-order chi connectivity index (χ0) is 26.7. The van der Waals surface area contributed by atoms with E-state index in [2.05, 4.69) is 20.1 Å². The number of fused-ring (bicyclic) bond motifs is 1. The second-order valence-corrected chi connectivity index (χ2v) is 8.47. The molecular weight excluding hydrogens is 500 g/mol. The molecule has 1 aromatic carbocycles. The fourth-order valence-corrected chi connectivity index (χ4v) is 4.29. The van der Waals surface area contributed by atoms with Crippen molar-refractivity contribution in [3.8, 4) is 28.3 Å². The summed E-state index contributed by atoms with van der Waals surface area (Å²) in [6, 6.07) is 4.25. The third kappa shape index (κ3) is 3.89. The summed E-state index contributed by atoms with van der Waals surface area (Å²) in [6.45, 7) is 0. The second-order valence-electron chi connectivity index (χ2n) is 8.47. The third-order valence-electron chi connectivity index (χ3n) is 6.27. The molecule has 4 heterocycles. The Morgan fingerprint density at radius 3 is 2.62 bits per heavy atom. The van der Waals surface area contributed by atoms with E-state index in [0.717, 1.165) is 19.2 Å². The van der Waals surface area contributed by atoms with Gasteiger partial charge in [0.25, 0.3) is 5.91 Å². The highest BCUT2D eigenvalue weighted by molar-refractivity contribution is 5.91. The fourth-order valence-electron chi connectivity index (χ4n) is 4.29. The van der Waals surface area contributed by atoms with Crippen LogP contribution in [0, 0.1) is 5.82 Å². The zero-order valence-corrected chi connectivity index (χ0v) is 19.2. The van der Waals surface area contributed by atoms with Crippen LogP contribution in [0.4, 0.5) is 23.4 Å². The van der Waals surface area contributed by atoms with Gasteiger partial charge in [0.05, 0.1) is 12.8 Å². The summed E-state index contributed by atoms with van der Waals surface area (Å²) in [4.78, 5) is 25.3. The van der Waals surface area contributed by atoms with Crippen molar-refractivity contribution in [2.45, 2.75) is 24.2 Å². The molecule has 3 aromatic heterocycles. The molecule has 0 radical (unpaired) electrons. The molecule has 1 saturated heterocycles. The lowest BCUT2D eigenvalue weighted by Crippen LogP contribution is -2.41. The molecule has 1 aliphatic rings. The number of carbonyl (C=O) groups excluding carboxylic acids is 1. The summed E-state index contributed by atoms with van der Waals surface area (Å²) in [5, 5.41) is 14.6. The predicted octanol–water partition coefficient (Wildman–Crippen LogP) is 3.06. The molecule has 2 atom stereocenters. The number of likely N-dealkylation sites (tertiary alicyclic amines) is 1. The quantitative estimate of drug-likeness (QED) is 0.390. The van der Waals surface area contributed by atoms with E-state index in [0.29, 0.717) is 10.4 Å². The number of likely N-dealkylation sites (N-methyl/N-ethyl adjacent to an activating group) is 1. The van der Waals surface area contributed by atoms with Crippen LogP contribution >= 0.6 is 0 Å². The van der Waals surface area contributed by atoms with E-state index in [1.165, 1.54) is 31.6 Å². The van der Waals surface area contributed by atoms with Crippen molar-refractivity contribution in [1.82, 2.24) is 25.0 Å². The topological polar surface area (TPSA) is 140 Å². The number of nitrogen functional groups attached to an aromatic ring is 1. The van der Waals surface area contributed by atoms with Crippen LogP contribution in [-0.2, 0) is 10.4 Å². The van der Waals surface area contributed by atoms with Gasteiger partial charge in [-0.3, -0.25) is 4.79 Å². The van der Waals surface area contributed by atoms with E-state index < -0.39 is 41.7 Å². The third-order valence-corrected chi connectivity index (χ3v) is 6.27. The Morgan fingerprint density at radius 2 is 1.95 bits per heavy atom. The number of benzene rings is 1. The van der Waals surface area contributed by atoms with Crippen LogP contribution in [-0.4, -0.2) is 62.4 Å². The number of amides is 1. The molecule has 0 unspecified atom stereocenters. The van der Waals surface area contributed by atoms with E-state index in [-0.39, 0.29) is 39.6 Å². The van der Waals surface area contributed by atoms with Crippen molar-refractivity contribution in [3.63, 3.8) is 0 Å². The minimum absolute atomic E-state index is 0.0121. The minimum atomic E-state index is -4.74. The van der Waals surface area contributed by atoms with Crippen molar-refractivity contribution >= 4 is 22.8 Å². The summed E-state index contributed by atoms with van der Waals surface area (Å²) in [5.41, 5.74) is 4.33. The van der Waals surface area contributed by atoms with Crippen LogP contribution in [0.15, 0.2) is 41.2 Å². The molecule has 14 heteroatoms. The number of carbonyl (C=O) groups is 1. The van der Waals surface area contributed by atoms with Gasteiger partial charge in [-0.05, 0) is 18.2 Å². The van der Waals surface area contributed by atoms with Crippen LogP contribution in [0.1, 0.15) is 12.2 Å². The number of ether oxygens (including phenoxy) is 1. The Labute approximate surface area is 205 Å². The number of anilines is 1. The number of halogens is 4. The Bertz CT molecular complexity index is 1540. The minimum Gasteiger partial charge on any atom is -0.494 e. The van der Waals surface area contributed by atoms with Crippen molar-refractivity contribution in [2.75, 3.05) is 19.9 Å². The number of alkyl halides is 3. The number of nitrogens with zero attached hydrogens (tertiary/aromatic N) is 5. The molecule has 5 rings (SSSR count). The lowest BCUT2D eigenvalue weighted by Gasteiger charge is -2.21. The summed E-state index contributed by atoms with van der Waals surface area (Å²) < 4.78 is 65.3. The Balaban J connectivity index is 1.55. The average molecular weight is 518 g/mol. The Kier molecular flexibility index (Phi) is 5.51. The molecule has 0 bridgehead atoms. The van der Waals surface area contributed by atoms with Gasteiger partial charge in [-0.25, -0.2) is 19.3 Å². The van der Waals surface area contributed by atoms with Gasteiger partial charge < -0.3 is 25.0 Å². The lowest BCUT2D eigenvalue weighted by molar-refractivity contribution is -0.177. The molecule has 192 valence electrons. The maximum atomic E-state index is 14.9. The number of hydrogen-bond acceptors (Lipinski definition) is 9. The number of hydrogen-bond donors (Lipinski definition) is 2. The molecule has 10 nitrogen and oxygen atoms in total. The van der Waals surface area contributed by atoms with Gasteiger partial charge in [0.1, 0.15) is 40.7 Å². The molecule has 37 heavy (non-hydrogen) atoms. The standard InChI is InChI=1S/C23H18F4N6O4/c1-33-16(23(25,26)27)8-22(35,21(33)34)17-7-13(32-37-17)10-3-4-12(24)11(5-10)14-6-15(36-2)18-19(31-14)20(28)30-9-29-18/h3-7,9,16,35H,8H2,1-2H3,(H2,28,29,30)/t16-,22+/m0/s1. The number of aliphatic hydroxyl groups is 1. The fraction of sp³-hybridized carbons (Fsp3) is 0.261. The first-order valence-electron chi connectivity index (χ1n) is 10.7. The number of pyridine rings is 1. The lowest BCUT2D eigenvalue weighted by atomic mass is 9.95. The predicted molar refractivity (Wildman–Crippen MR) is 120 cm³/mol. The van der Waals surface area contributed by atoms with E-state index in [4.69, 9.17) is 15.0 Å². The first kappa shape index (κ1) is 24.4. The van der Waals surface area contributed by atoms with Crippen LogP contribution in [0.3, 0.4) is 0 Å². The van der Waals surface area contributed by atoms with Gasteiger partial charge in [-0.15, -0.1) is 0 Å². The van der Waals surface area contributed by atoms with Gasteiger partial charge in [-0.1, -0.05) is 5.16 Å². The largest absolute Gasteiger partial charge is 0.494 e. The number of aromatic nitrogens is 4. The van der Waals surface area contributed by atoms with Gasteiger partial charge in [0.2, 0.25) is 5.60 Å². The number of rotatable bonds is 4. The van der Waals surface area contributed by atoms with E-state index in [9.17, 15) is 27.5 Å². The van der Waals surface area contributed by atoms with Gasteiger partial charge in [0, 0.05) is 36.7 Å². The van der Waals surface area contributed by atoms with Crippen LogP contribution < -0.4 is 10.5 Å². The van der Waals surface area contributed by atoms with Crippen LogP contribution in [0.25, 0.3) is 33.5 Å². The molecule has 3 N–H and O–H groups in total. The van der Waals surface area contributed by atoms with E-state index in [1.807, 2.05) is 0 Å². The Morgan fingerprint density at radius 1 is 1.19 bits per heavy atom. The summed E-state index contributed by atoms with van der Waals surface area (Å²) >= 11 is 0. The van der Waals surface area contributed by atoms with Crippen molar-refractivity contribution in [1.29, 1.82) is 0 Å². The number of nitrogens with two attached hydrogens (primary N) is 1. The molecule has 4 aromatic rings. The highest BCUT2D eigenvalue weighted by atomic mass is 19.4. The maximum Gasteiger partial charge on any atom is 0.408 e. The Hall–Kier alpha value is -4.33. The molecule has 0 spiro atoms. The highest BCUT2D eigenvalue weighted by Gasteiger charge is 2.60. The zero-order valence-electron chi connectivity index (χ0n) is 19.2. The molecular formula is C23H18F4N6O4. The first-order valence-corrected chi connectivity index (χ1v) is 10.7. The SMILES string of the molecule is COc1cc(-c2cc(-c3cc([C@]4(O)C[C@@H](C(F)(F)F)N(C)C4=O)on3)ccc2F)nc2c(N)ncnc12. The van der Waals surface area contributed by atoms with Crippen molar-refractivity contribution in [3.05, 3.63) is 48.2 Å². The van der Waals surface area contributed by atoms with Crippen LogP contribution in [0.5, 0.6) is 5.75 Å². The van der Waals surface area contributed by atoms with E-state index in [1.54, 1.807) is 0 Å². The first-order chi connectivity index (χ1) is 17.4. The van der Waals surface area contributed by atoms with Gasteiger partial charge in [-0.2, -0.15) is 13.2 Å². The molecule has 1 amide bonds. The summed E-state index contributed by atoms with van der Waals surface area (Å²) in [6.07, 6.45) is -4.46. The van der Waals surface area contributed by atoms with Crippen molar-refractivity contribution < 1.29 is 36.7 Å². The highest BCUT2D eigenvalue weighted by Crippen LogP contribution is 2.43. The normalized spacial score (nSPS) is 20.1. The van der Waals surface area contributed by atoms with E-state index >= 15 is 0 Å². The smallest absolute Gasteiger partial charge is 0.408 e. The summed E-state index contributed by atoms with van der Waals surface area (Å²) in [5.74, 6) is -1.97. The van der Waals surface area contributed by atoms with Gasteiger partial charge >= 0.3 is 6.18 Å². The average Bonchev–Trinajstić information content (AvgIpc) is 3.45. The molecule has 1 fully saturated rings. The summed E-state index contributed by atoms with van der Waals surface area (Å²) in [7, 11) is 2.35. The van der Waals surface area contributed by atoms with Crippen molar-refractivity contribution in [2.24, 2.45) is 0 Å². The van der Waals surface area contributed by atoms with Crippen LogP contribution in [0.2, 0.25) is 0 Å².